The SMILES string of the molecule is Cc1c(C(=O)N2CCCC(C(=O)N3CCOCC3)C2)cnn1-c1cccc(C(F)(F)F)c1. The highest BCUT2D eigenvalue weighted by molar-refractivity contribution is 5.95. The Morgan fingerprint density at radius 1 is 1.12 bits per heavy atom. The van der Waals surface area contributed by atoms with Crippen LogP contribution in [0.3, 0.4) is 0 Å². The van der Waals surface area contributed by atoms with Gasteiger partial charge in [-0.25, -0.2) is 4.68 Å². The van der Waals surface area contributed by atoms with Crippen molar-refractivity contribution in [2.75, 3.05) is 39.4 Å². The number of piperidine rings is 1. The van der Waals surface area contributed by atoms with E-state index in [0.717, 1.165) is 18.6 Å². The number of nitrogens with zero attached hydrogens (tertiary/aromatic N) is 4. The number of likely N-dealkylation sites (tertiary alicyclic amines) is 1. The number of rotatable bonds is 3. The zero-order valence-electron chi connectivity index (χ0n) is 17.8. The Morgan fingerprint density at radius 2 is 1.88 bits per heavy atom. The number of benzene rings is 1. The zero-order chi connectivity index (χ0) is 22.9. The minimum absolute atomic E-state index is 0.0437. The number of alkyl halides is 3. The van der Waals surface area contributed by atoms with Crippen LogP contribution in [0.25, 0.3) is 5.69 Å². The van der Waals surface area contributed by atoms with Crippen LogP contribution in [0.5, 0.6) is 0 Å². The summed E-state index contributed by atoms with van der Waals surface area (Å²) >= 11 is 0. The lowest BCUT2D eigenvalue weighted by atomic mass is 9.95. The van der Waals surface area contributed by atoms with E-state index in [1.54, 1.807) is 16.7 Å². The number of halogens is 3. The second-order valence-corrected chi connectivity index (χ2v) is 8.13. The monoisotopic (exact) mass is 450 g/mol. The van der Waals surface area contributed by atoms with E-state index in [9.17, 15) is 22.8 Å². The number of hydrogen-bond donors (Lipinski definition) is 0. The Hall–Kier alpha value is -2.88. The van der Waals surface area contributed by atoms with Crippen LogP contribution in [0.4, 0.5) is 13.2 Å². The van der Waals surface area contributed by atoms with Gasteiger partial charge in [-0.3, -0.25) is 9.59 Å². The summed E-state index contributed by atoms with van der Waals surface area (Å²) in [4.78, 5) is 29.5. The first-order valence-corrected chi connectivity index (χ1v) is 10.6. The van der Waals surface area contributed by atoms with E-state index in [-0.39, 0.29) is 23.4 Å². The Morgan fingerprint density at radius 3 is 2.59 bits per heavy atom. The second kappa shape index (κ2) is 8.93. The number of aromatic nitrogens is 2. The number of amides is 2. The van der Waals surface area contributed by atoms with Crippen molar-refractivity contribution in [1.82, 2.24) is 19.6 Å². The summed E-state index contributed by atoms with van der Waals surface area (Å²) in [6.45, 7) is 4.67. The summed E-state index contributed by atoms with van der Waals surface area (Å²) in [6, 6.07) is 4.83. The van der Waals surface area contributed by atoms with Gasteiger partial charge in [-0.2, -0.15) is 18.3 Å². The van der Waals surface area contributed by atoms with E-state index in [1.165, 1.54) is 23.0 Å². The fourth-order valence-electron chi connectivity index (χ4n) is 4.27. The topological polar surface area (TPSA) is 67.7 Å². The number of carbonyl (C=O) groups excluding carboxylic acids is 2. The Kier molecular flexibility index (Phi) is 6.23. The van der Waals surface area contributed by atoms with Crippen molar-refractivity contribution < 1.29 is 27.5 Å². The molecule has 2 saturated heterocycles. The number of carbonyl (C=O) groups is 2. The molecular formula is C22H25F3N4O3. The molecule has 0 bridgehead atoms. The van der Waals surface area contributed by atoms with Crippen molar-refractivity contribution in [3.63, 3.8) is 0 Å². The van der Waals surface area contributed by atoms with Crippen molar-refractivity contribution in [3.8, 4) is 5.69 Å². The quantitative estimate of drug-likeness (QED) is 0.721. The lowest BCUT2D eigenvalue weighted by Crippen LogP contribution is -2.49. The van der Waals surface area contributed by atoms with E-state index in [4.69, 9.17) is 4.74 Å². The van der Waals surface area contributed by atoms with Crippen molar-refractivity contribution >= 4 is 11.8 Å². The highest BCUT2D eigenvalue weighted by atomic mass is 19.4. The highest BCUT2D eigenvalue weighted by Gasteiger charge is 2.34. The van der Waals surface area contributed by atoms with E-state index >= 15 is 0 Å². The summed E-state index contributed by atoms with van der Waals surface area (Å²) in [5.74, 6) is -0.480. The molecule has 172 valence electrons. The molecule has 2 amide bonds. The fraction of sp³-hybridized carbons (Fsp3) is 0.500. The highest BCUT2D eigenvalue weighted by Crippen LogP contribution is 2.31. The minimum atomic E-state index is -4.47. The third-order valence-electron chi connectivity index (χ3n) is 6.04. The number of ether oxygens (including phenoxy) is 1. The number of morpholine rings is 1. The van der Waals surface area contributed by atoms with Crippen molar-refractivity contribution in [3.05, 3.63) is 47.3 Å². The molecule has 2 aliphatic rings. The number of hydrogen-bond acceptors (Lipinski definition) is 4. The first-order valence-electron chi connectivity index (χ1n) is 10.6. The maximum atomic E-state index is 13.2. The van der Waals surface area contributed by atoms with E-state index in [2.05, 4.69) is 5.10 Å². The molecule has 10 heteroatoms. The smallest absolute Gasteiger partial charge is 0.378 e. The van der Waals surface area contributed by atoms with Crippen LogP contribution < -0.4 is 0 Å². The first kappa shape index (κ1) is 22.3. The maximum absolute atomic E-state index is 13.2. The third kappa shape index (κ3) is 4.50. The van der Waals surface area contributed by atoms with E-state index in [0.29, 0.717) is 57.1 Å². The average molecular weight is 450 g/mol. The molecule has 0 saturated carbocycles. The Bertz CT molecular complexity index is 999. The van der Waals surface area contributed by atoms with Gasteiger partial charge in [0.05, 0.1) is 47.8 Å². The molecule has 3 heterocycles. The molecule has 32 heavy (non-hydrogen) atoms. The first-order chi connectivity index (χ1) is 15.3. The van der Waals surface area contributed by atoms with Gasteiger partial charge in [0, 0.05) is 26.2 Å². The molecule has 0 radical (unpaired) electrons. The van der Waals surface area contributed by atoms with Crippen molar-refractivity contribution in [2.24, 2.45) is 5.92 Å². The summed E-state index contributed by atoms with van der Waals surface area (Å²) < 4.78 is 45.8. The van der Waals surface area contributed by atoms with Gasteiger partial charge in [-0.05, 0) is 38.0 Å². The molecule has 0 aliphatic carbocycles. The lowest BCUT2D eigenvalue weighted by molar-refractivity contribution is -0.141. The van der Waals surface area contributed by atoms with Gasteiger partial charge in [-0.15, -0.1) is 0 Å². The largest absolute Gasteiger partial charge is 0.416 e. The molecule has 0 N–H and O–H groups in total. The molecule has 1 atom stereocenters. The molecule has 7 nitrogen and oxygen atoms in total. The van der Waals surface area contributed by atoms with E-state index in [1.807, 2.05) is 0 Å². The van der Waals surface area contributed by atoms with Gasteiger partial charge in [0.1, 0.15) is 0 Å². The average Bonchev–Trinajstić information content (AvgIpc) is 3.19. The molecule has 1 aromatic carbocycles. The van der Waals surface area contributed by atoms with Gasteiger partial charge in [0.25, 0.3) is 5.91 Å². The zero-order valence-corrected chi connectivity index (χ0v) is 17.8. The third-order valence-corrected chi connectivity index (χ3v) is 6.04. The summed E-state index contributed by atoms with van der Waals surface area (Å²) in [5, 5.41) is 4.17. The van der Waals surface area contributed by atoms with Gasteiger partial charge >= 0.3 is 6.18 Å². The molecular weight excluding hydrogens is 425 g/mol. The van der Waals surface area contributed by atoms with Gasteiger partial charge < -0.3 is 14.5 Å². The second-order valence-electron chi connectivity index (χ2n) is 8.13. The molecule has 2 aromatic rings. The molecule has 2 fully saturated rings. The van der Waals surface area contributed by atoms with Crippen LogP contribution in [0.1, 0.15) is 34.5 Å². The van der Waals surface area contributed by atoms with Crippen LogP contribution in [0.15, 0.2) is 30.5 Å². The molecule has 0 spiro atoms. The molecule has 1 aromatic heterocycles. The van der Waals surface area contributed by atoms with Crippen LogP contribution in [-0.4, -0.2) is 70.8 Å². The Balaban J connectivity index is 1.50. The molecule has 1 unspecified atom stereocenters. The summed E-state index contributed by atoms with van der Waals surface area (Å²) in [5.41, 5.74) is 0.228. The van der Waals surface area contributed by atoms with Crippen LogP contribution >= 0.6 is 0 Å². The lowest BCUT2D eigenvalue weighted by Gasteiger charge is -2.36. The van der Waals surface area contributed by atoms with Crippen molar-refractivity contribution in [1.29, 1.82) is 0 Å². The normalized spacial score (nSPS) is 19.8. The van der Waals surface area contributed by atoms with Gasteiger partial charge in [-0.1, -0.05) is 6.07 Å². The minimum Gasteiger partial charge on any atom is -0.378 e. The van der Waals surface area contributed by atoms with E-state index < -0.39 is 11.7 Å². The van der Waals surface area contributed by atoms with Gasteiger partial charge in [0.2, 0.25) is 5.91 Å². The standard InChI is InChI=1S/C22H25F3N4O3/c1-15-19(13-26-29(15)18-6-2-5-17(12-18)22(23,24)25)21(31)28-7-3-4-16(14-28)20(30)27-8-10-32-11-9-27/h2,5-6,12-13,16H,3-4,7-11,14H2,1H3. The fourth-order valence-corrected chi connectivity index (χ4v) is 4.27. The molecule has 4 rings (SSSR count). The predicted molar refractivity (Wildman–Crippen MR) is 109 cm³/mol. The summed E-state index contributed by atoms with van der Waals surface area (Å²) in [6.07, 6.45) is -1.65. The molecule has 2 aliphatic heterocycles. The predicted octanol–water partition coefficient (Wildman–Crippen LogP) is 2.91. The summed E-state index contributed by atoms with van der Waals surface area (Å²) in [7, 11) is 0. The van der Waals surface area contributed by atoms with Crippen molar-refractivity contribution in [2.45, 2.75) is 25.9 Å². The van der Waals surface area contributed by atoms with Crippen LogP contribution in [0, 0.1) is 12.8 Å². The van der Waals surface area contributed by atoms with Crippen LogP contribution in [-0.2, 0) is 15.7 Å². The Labute approximate surface area is 183 Å². The van der Waals surface area contributed by atoms with Crippen LogP contribution in [0.2, 0.25) is 0 Å². The van der Waals surface area contributed by atoms with Gasteiger partial charge in [0.15, 0.2) is 0 Å². The maximum Gasteiger partial charge on any atom is 0.416 e.